The van der Waals surface area contributed by atoms with E-state index in [9.17, 15) is 9.59 Å². The van der Waals surface area contributed by atoms with E-state index in [2.05, 4.69) is 10.0 Å². The largest absolute Gasteiger partial charge is 0.496 e. The average Bonchev–Trinajstić information content (AvgIpc) is 3.35. The van der Waals surface area contributed by atoms with Gasteiger partial charge in [0.25, 0.3) is 5.91 Å². The topological polar surface area (TPSA) is 53.1 Å². The molecule has 3 aliphatic rings. The van der Waals surface area contributed by atoms with Crippen LogP contribution >= 0.6 is 11.6 Å². The number of anilines is 1. The second-order valence-electron chi connectivity index (χ2n) is 7.33. The van der Waals surface area contributed by atoms with Crippen LogP contribution in [0.3, 0.4) is 0 Å². The maximum atomic E-state index is 13.5. The van der Waals surface area contributed by atoms with Crippen LogP contribution in [0, 0.1) is 5.92 Å². The standard InChI is InChI=1S/C21H20ClN3O3/c1-28-16-6-3-2-5-15(16)18-17-19(24-12-4-11-23(18)24)21(27)25(20(17)26)14-9-7-13(22)8-10-14/h2-3,5-10,17-19H,4,11-12H2,1H3/t17-,18+,19-/m1/s1. The summed E-state index contributed by atoms with van der Waals surface area (Å²) in [5.74, 6) is -0.0470. The van der Waals surface area contributed by atoms with Gasteiger partial charge in [0.15, 0.2) is 0 Å². The predicted octanol–water partition coefficient (Wildman–Crippen LogP) is 2.88. The third kappa shape index (κ3) is 2.42. The highest BCUT2D eigenvalue weighted by atomic mass is 35.5. The molecule has 3 atom stereocenters. The summed E-state index contributed by atoms with van der Waals surface area (Å²) in [6.45, 7) is 1.61. The zero-order valence-corrected chi connectivity index (χ0v) is 16.2. The Morgan fingerprint density at radius 2 is 1.61 bits per heavy atom. The van der Waals surface area contributed by atoms with Crippen molar-refractivity contribution >= 4 is 29.1 Å². The minimum absolute atomic E-state index is 0.164. The molecule has 2 aromatic rings. The van der Waals surface area contributed by atoms with Gasteiger partial charge in [-0.2, -0.15) is 0 Å². The lowest BCUT2D eigenvalue weighted by Gasteiger charge is -2.30. The van der Waals surface area contributed by atoms with Gasteiger partial charge in [0.1, 0.15) is 11.8 Å². The van der Waals surface area contributed by atoms with E-state index in [4.69, 9.17) is 16.3 Å². The number of imide groups is 1. The van der Waals surface area contributed by atoms with E-state index in [0.717, 1.165) is 30.8 Å². The number of nitrogens with zero attached hydrogens (tertiary/aromatic N) is 3. The minimum Gasteiger partial charge on any atom is -0.496 e. The fourth-order valence-corrected chi connectivity index (χ4v) is 4.97. The number of carbonyl (C=O) groups excluding carboxylic acids is 2. The van der Waals surface area contributed by atoms with E-state index >= 15 is 0 Å². The van der Waals surface area contributed by atoms with Crippen molar-refractivity contribution < 1.29 is 14.3 Å². The molecule has 3 heterocycles. The predicted molar refractivity (Wildman–Crippen MR) is 105 cm³/mol. The monoisotopic (exact) mass is 397 g/mol. The first-order valence-corrected chi connectivity index (χ1v) is 9.79. The Bertz CT molecular complexity index is 948. The van der Waals surface area contributed by atoms with Gasteiger partial charge >= 0.3 is 0 Å². The molecule has 0 aliphatic carbocycles. The second kappa shape index (κ2) is 6.58. The van der Waals surface area contributed by atoms with Crippen LogP contribution in [0.25, 0.3) is 0 Å². The van der Waals surface area contributed by atoms with Crippen molar-refractivity contribution in [1.29, 1.82) is 0 Å². The van der Waals surface area contributed by atoms with Crippen molar-refractivity contribution in [2.45, 2.75) is 18.5 Å². The zero-order valence-electron chi connectivity index (χ0n) is 15.4. The zero-order chi connectivity index (χ0) is 19.4. The van der Waals surface area contributed by atoms with E-state index in [1.165, 1.54) is 4.90 Å². The summed E-state index contributed by atoms with van der Waals surface area (Å²) in [5, 5.41) is 4.83. The Kier molecular flexibility index (Phi) is 4.16. The molecule has 0 bridgehead atoms. The van der Waals surface area contributed by atoms with E-state index in [-0.39, 0.29) is 17.9 Å². The molecule has 5 rings (SSSR count). The molecular formula is C21H20ClN3O3. The number of amides is 2. The highest BCUT2D eigenvalue weighted by Crippen LogP contribution is 2.50. The number of ether oxygens (including phenoxy) is 1. The van der Waals surface area contributed by atoms with Crippen LogP contribution in [0.5, 0.6) is 5.75 Å². The van der Waals surface area contributed by atoms with Crippen molar-refractivity contribution in [3.63, 3.8) is 0 Å². The Balaban J connectivity index is 1.60. The number of hydrogen-bond acceptors (Lipinski definition) is 5. The summed E-state index contributed by atoms with van der Waals surface area (Å²) in [4.78, 5) is 28.1. The number of para-hydroxylation sites is 1. The molecule has 144 valence electrons. The molecular weight excluding hydrogens is 378 g/mol. The first-order valence-electron chi connectivity index (χ1n) is 9.41. The highest BCUT2D eigenvalue weighted by molar-refractivity contribution is 6.31. The number of hydrogen-bond donors (Lipinski definition) is 0. The van der Waals surface area contributed by atoms with Gasteiger partial charge in [0, 0.05) is 23.7 Å². The Morgan fingerprint density at radius 1 is 0.929 bits per heavy atom. The molecule has 3 saturated heterocycles. The van der Waals surface area contributed by atoms with Crippen molar-refractivity contribution in [3.8, 4) is 5.75 Å². The number of benzene rings is 2. The average molecular weight is 398 g/mol. The van der Waals surface area contributed by atoms with Gasteiger partial charge in [-0.1, -0.05) is 29.8 Å². The maximum absolute atomic E-state index is 13.5. The van der Waals surface area contributed by atoms with Crippen molar-refractivity contribution in [2.75, 3.05) is 25.1 Å². The smallest absolute Gasteiger partial charge is 0.253 e. The normalized spacial score (nSPS) is 27.4. The summed E-state index contributed by atoms with van der Waals surface area (Å²) in [6, 6.07) is 13.9. The van der Waals surface area contributed by atoms with Crippen LogP contribution in [-0.2, 0) is 9.59 Å². The first kappa shape index (κ1) is 17.7. The lowest BCUT2D eigenvalue weighted by atomic mass is 9.89. The molecule has 2 amide bonds. The first-order chi connectivity index (χ1) is 13.6. The van der Waals surface area contributed by atoms with E-state index in [1.807, 2.05) is 24.3 Å². The maximum Gasteiger partial charge on any atom is 0.253 e. The van der Waals surface area contributed by atoms with Crippen molar-refractivity contribution in [1.82, 2.24) is 10.0 Å². The van der Waals surface area contributed by atoms with E-state index in [1.54, 1.807) is 31.4 Å². The van der Waals surface area contributed by atoms with Crippen molar-refractivity contribution in [3.05, 3.63) is 59.1 Å². The molecule has 28 heavy (non-hydrogen) atoms. The fourth-order valence-electron chi connectivity index (χ4n) is 4.84. The summed E-state index contributed by atoms with van der Waals surface area (Å²) in [6.07, 6.45) is 0.970. The number of carbonyl (C=O) groups is 2. The van der Waals surface area contributed by atoms with Crippen LogP contribution < -0.4 is 9.64 Å². The van der Waals surface area contributed by atoms with E-state index < -0.39 is 12.0 Å². The lowest BCUT2D eigenvalue weighted by Crippen LogP contribution is -2.44. The summed E-state index contributed by atoms with van der Waals surface area (Å²) in [7, 11) is 1.63. The van der Waals surface area contributed by atoms with Crippen LogP contribution in [0.1, 0.15) is 18.0 Å². The molecule has 2 aromatic carbocycles. The number of methoxy groups -OCH3 is 1. The van der Waals surface area contributed by atoms with E-state index in [0.29, 0.717) is 10.7 Å². The SMILES string of the molecule is COc1ccccc1[C@H]1[C@H]2C(=O)N(c3ccc(Cl)cc3)C(=O)[C@@H]2N2CCCN12. The molecule has 0 N–H and O–H groups in total. The number of halogens is 1. The highest BCUT2D eigenvalue weighted by Gasteiger charge is 2.63. The summed E-state index contributed by atoms with van der Waals surface area (Å²) >= 11 is 5.98. The van der Waals surface area contributed by atoms with Gasteiger partial charge in [-0.25, -0.2) is 14.9 Å². The summed E-state index contributed by atoms with van der Waals surface area (Å²) < 4.78 is 5.57. The van der Waals surface area contributed by atoms with Crippen LogP contribution in [0.4, 0.5) is 5.69 Å². The minimum atomic E-state index is -0.472. The molecule has 7 heteroatoms. The Labute approximate surface area is 168 Å². The molecule has 0 spiro atoms. The Hall–Kier alpha value is -2.41. The van der Waals surface area contributed by atoms with Gasteiger partial charge < -0.3 is 4.74 Å². The van der Waals surface area contributed by atoms with Gasteiger partial charge in [0.05, 0.1) is 24.8 Å². The fraction of sp³-hybridized carbons (Fsp3) is 0.333. The second-order valence-corrected chi connectivity index (χ2v) is 7.76. The van der Waals surface area contributed by atoms with Crippen LogP contribution in [0.15, 0.2) is 48.5 Å². The molecule has 0 unspecified atom stereocenters. The number of fused-ring (bicyclic) bond motifs is 3. The molecule has 0 saturated carbocycles. The molecule has 0 radical (unpaired) electrons. The Morgan fingerprint density at radius 3 is 2.32 bits per heavy atom. The summed E-state index contributed by atoms with van der Waals surface area (Å²) in [5.41, 5.74) is 1.52. The van der Waals surface area contributed by atoms with Gasteiger partial charge in [-0.3, -0.25) is 9.59 Å². The van der Waals surface area contributed by atoms with Crippen LogP contribution in [-0.4, -0.2) is 48.1 Å². The number of rotatable bonds is 3. The van der Waals surface area contributed by atoms with Gasteiger partial charge in [-0.05, 0) is 36.8 Å². The van der Waals surface area contributed by atoms with Gasteiger partial charge in [-0.15, -0.1) is 0 Å². The molecule has 3 aliphatic heterocycles. The molecule has 6 nitrogen and oxygen atoms in total. The molecule has 3 fully saturated rings. The van der Waals surface area contributed by atoms with Gasteiger partial charge in [0.2, 0.25) is 5.91 Å². The quantitative estimate of drug-likeness (QED) is 0.745. The molecule has 0 aromatic heterocycles. The number of hydrazine groups is 1. The van der Waals surface area contributed by atoms with Crippen LogP contribution in [0.2, 0.25) is 5.02 Å². The third-order valence-corrected chi connectivity index (χ3v) is 6.20. The third-order valence-electron chi connectivity index (χ3n) is 5.95. The lowest BCUT2D eigenvalue weighted by molar-refractivity contribution is -0.126. The van der Waals surface area contributed by atoms with Crippen molar-refractivity contribution in [2.24, 2.45) is 5.92 Å².